The average Bonchev–Trinajstić information content (AvgIpc) is 3.25. The smallest absolute Gasteiger partial charge is 0.233 e. The Morgan fingerprint density at radius 2 is 1.79 bits per heavy atom. The van der Waals surface area contributed by atoms with Crippen LogP contribution in [0.5, 0.6) is 0 Å². The molecule has 2 atom stereocenters. The van der Waals surface area contributed by atoms with Crippen LogP contribution in [0.1, 0.15) is 42.5 Å². The summed E-state index contributed by atoms with van der Waals surface area (Å²) < 4.78 is 13.0. The zero-order chi connectivity index (χ0) is 20.4. The van der Waals surface area contributed by atoms with Gasteiger partial charge in [-0.2, -0.15) is 0 Å². The first-order chi connectivity index (χ1) is 14.0. The van der Waals surface area contributed by atoms with Crippen LogP contribution >= 0.6 is 11.3 Å². The molecule has 2 aliphatic rings. The summed E-state index contributed by atoms with van der Waals surface area (Å²) in [6.45, 7) is 0.115. The molecule has 1 aromatic carbocycles. The minimum Gasteiger partial charge on any atom is -0.302 e. The number of nitrogens with one attached hydrogen (secondary N) is 1. The summed E-state index contributed by atoms with van der Waals surface area (Å²) >= 11 is 1.35. The van der Waals surface area contributed by atoms with Gasteiger partial charge in [0, 0.05) is 30.5 Å². The molecule has 0 spiro atoms. The number of benzene rings is 1. The topological polar surface area (TPSA) is 79.4 Å². The third-order valence-electron chi connectivity index (χ3n) is 5.59. The van der Waals surface area contributed by atoms with Gasteiger partial charge in [0.05, 0.1) is 11.8 Å². The van der Waals surface area contributed by atoms with Crippen molar-refractivity contribution in [2.24, 2.45) is 11.8 Å². The van der Waals surface area contributed by atoms with Gasteiger partial charge in [0.15, 0.2) is 5.13 Å². The van der Waals surface area contributed by atoms with Crippen molar-refractivity contribution in [2.45, 2.75) is 38.5 Å². The Bertz CT molecular complexity index is 904. The number of hydrogen-bond acceptors (Lipinski definition) is 5. The van der Waals surface area contributed by atoms with E-state index in [0.29, 0.717) is 11.6 Å². The molecule has 1 aromatic heterocycles. The summed E-state index contributed by atoms with van der Waals surface area (Å²) in [6, 6.07) is 6.26. The molecule has 0 radical (unpaired) electrons. The van der Waals surface area contributed by atoms with Crippen molar-refractivity contribution in [2.75, 3.05) is 11.9 Å². The van der Waals surface area contributed by atoms with Crippen LogP contribution in [0.15, 0.2) is 30.5 Å². The highest BCUT2D eigenvalue weighted by molar-refractivity contribution is 7.15. The van der Waals surface area contributed by atoms with Gasteiger partial charge in [-0.05, 0) is 30.5 Å². The summed E-state index contributed by atoms with van der Waals surface area (Å²) in [6.07, 6.45) is 5.86. The molecular weight excluding hydrogens is 393 g/mol. The lowest BCUT2D eigenvalue weighted by Gasteiger charge is -2.19. The third kappa shape index (κ3) is 4.37. The fourth-order valence-corrected chi connectivity index (χ4v) is 4.96. The van der Waals surface area contributed by atoms with Crippen LogP contribution in [0.25, 0.3) is 0 Å². The van der Waals surface area contributed by atoms with Crippen molar-refractivity contribution in [3.63, 3.8) is 0 Å². The van der Waals surface area contributed by atoms with E-state index in [9.17, 15) is 18.8 Å². The number of thiazole rings is 1. The van der Waals surface area contributed by atoms with E-state index >= 15 is 0 Å². The van der Waals surface area contributed by atoms with Gasteiger partial charge in [-0.3, -0.25) is 19.3 Å². The SMILES string of the molecule is O=C(CCN1C(=O)C2CCCCC2C1=O)Nc1ncc(Cc2ccc(F)cc2)s1. The monoisotopic (exact) mass is 415 g/mol. The molecule has 152 valence electrons. The standard InChI is InChI=1S/C21H22FN3O3S/c22-14-7-5-13(6-8-14)11-15-12-23-21(29-15)24-18(26)9-10-25-19(27)16-3-1-2-4-17(16)20(25)28/h5-8,12,16-17H,1-4,9-11H2,(H,23,24,26). The number of rotatable bonds is 6. The average molecular weight is 415 g/mol. The fourth-order valence-electron chi connectivity index (χ4n) is 4.10. The van der Waals surface area contributed by atoms with Crippen LogP contribution < -0.4 is 5.32 Å². The van der Waals surface area contributed by atoms with Gasteiger partial charge < -0.3 is 5.32 Å². The molecule has 1 N–H and O–H groups in total. The number of nitrogens with zero attached hydrogens (tertiary/aromatic N) is 2. The molecule has 8 heteroatoms. The van der Waals surface area contributed by atoms with Gasteiger partial charge >= 0.3 is 0 Å². The zero-order valence-corrected chi connectivity index (χ0v) is 16.7. The normalized spacial score (nSPS) is 21.3. The van der Waals surface area contributed by atoms with E-state index in [0.717, 1.165) is 36.1 Å². The highest BCUT2D eigenvalue weighted by atomic mass is 32.1. The summed E-state index contributed by atoms with van der Waals surface area (Å²) in [5.41, 5.74) is 0.959. The molecule has 2 aromatic rings. The van der Waals surface area contributed by atoms with Gasteiger partial charge in [-0.25, -0.2) is 9.37 Å². The Morgan fingerprint density at radius 3 is 2.45 bits per heavy atom. The molecule has 2 unspecified atom stereocenters. The van der Waals surface area contributed by atoms with Crippen molar-refractivity contribution in [1.82, 2.24) is 9.88 Å². The maximum atomic E-state index is 13.0. The quantitative estimate of drug-likeness (QED) is 0.734. The van der Waals surface area contributed by atoms with Crippen LogP contribution in [0.3, 0.4) is 0 Å². The van der Waals surface area contributed by atoms with E-state index in [-0.39, 0.29) is 48.3 Å². The van der Waals surface area contributed by atoms with Crippen LogP contribution in [0.4, 0.5) is 9.52 Å². The number of aromatic nitrogens is 1. The third-order valence-corrected chi connectivity index (χ3v) is 6.50. The molecule has 2 heterocycles. The molecular formula is C21H22FN3O3S. The van der Waals surface area contributed by atoms with Gasteiger partial charge in [0.25, 0.3) is 0 Å². The highest BCUT2D eigenvalue weighted by Crippen LogP contribution is 2.38. The zero-order valence-electron chi connectivity index (χ0n) is 15.9. The van der Waals surface area contributed by atoms with Gasteiger partial charge in [-0.15, -0.1) is 11.3 Å². The summed E-state index contributed by atoms with van der Waals surface area (Å²) in [7, 11) is 0. The van der Waals surface area contributed by atoms with E-state index in [1.54, 1.807) is 18.3 Å². The number of hydrogen-bond donors (Lipinski definition) is 1. The highest BCUT2D eigenvalue weighted by Gasteiger charge is 2.47. The van der Waals surface area contributed by atoms with E-state index in [1.807, 2.05) is 0 Å². The van der Waals surface area contributed by atoms with Gasteiger partial charge in [-0.1, -0.05) is 25.0 Å². The first-order valence-electron chi connectivity index (χ1n) is 9.85. The predicted octanol–water partition coefficient (Wildman–Crippen LogP) is 3.38. The molecule has 1 saturated heterocycles. The van der Waals surface area contributed by atoms with E-state index in [4.69, 9.17) is 0 Å². The van der Waals surface area contributed by atoms with Crippen LogP contribution in [-0.2, 0) is 20.8 Å². The lowest BCUT2D eigenvalue weighted by atomic mass is 9.81. The largest absolute Gasteiger partial charge is 0.302 e. The van der Waals surface area contributed by atoms with Gasteiger partial charge in [0.1, 0.15) is 5.82 Å². The summed E-state index contributed by atoms with van der Waals surface area (Å²) in [5.74, 6) is -1.17. The maximum absolute atomic E-state index is 13.0. The van der Waals surface area contributed by atoms with Crippen LogP contribution in [0, 0.1) is 17.7 Å². The number of carbonyl (C=O) groups is 3. The summed E-state index contributed by atoms with van der Waals surface area (Å²) in [4.78, 5) is 43.6. The van der Waals surface area contributed by atoms with Crippen molar-refractivity contribution in [3.05, 3.63) is 46.7 Å². The van der Waals surface area contributed by atoms with E-state index in [1.165, 1.54) is 28.4 Å². The van der Waals surface area contributed by atoms with Crippen molar-refractivity contribution in [3.8, 4) is 0 Å². The Kier molecular flexibility index (Phi) is 5.71. The van der Waals surface area contributed by atoms with Crippen molar-refractivity contribution < 1.29 is 18.8 Å². The first-order valence-corrected chi connectivity index (χ1v) is 10.7. The minimum absolute atomic E-state index is 0.0593. The predicted molar refractivity (Wildman–Crippen MR) is 107 cm³/mol. The molecule has 3 amide bonds. The van der Waals surface area contributed by atoms with Crippen molar-refractivity contribution in [1.29, 1.82) is 0 Å². The van der Waals surface area contributed by atoms with Crippen LogP contribution in [0.2, 0.25) is 0 Å². The number of likely N-dealkylation sites (tertiary alicyclic amines) is 1. The number of imide groups is 1. The number of carbonyl (C=O) groups excluding carboxylic acids is 3. The maximum Gasteiger partial charge on any atom is 0.233 e. The Morgan fingerprint density at radius 1 is 1.14 bits per heavy atom. The Hall–Kier alpha value is -2.61. The fraction of sp³-hybridized carbons (Fsp3) is 0.429. The number of anilines is 1. The lowest BCUT2D eigenvalue weighted by molar-refractivity contribution is -0.140. The molecule has 1 aliphatic heterocycles. The van der Waals surface area contributed by atoms with E-state index < -0.39 is 0 Å². The second kappa shape index (κ2) is 8.41. The molecule has 1 saturated carbocycles. The second-order valence-electron chi connectivity index (χ2n) is 7.56. The second-order valence-corrected chi connectivity index (χ2v) is 8.67. The molecule has 29 heavy (non-hydrogen) atoms. The van der Waals surface area contributed by atoms with Crippen LogP contribution in [-0.4, -0.2) is 34.2 Å². The van der Waals surface area contributed by atoms with E-state index in [2.05, 4.69) is 10.3 Å². The first kappa shape index (κ1) is 19.7. The molecule has 1 aliphatic carbocycles. The molecule has 0 bridgehead atoms. The number of halogens is 1. The Balaban J connectivity index is 1.29. The summed E-state index contributed by atoms with van der Waals surface area (Å²) in [5, 5.41) is 3.20. The number of fused-ring (bicyclic) bond motifs is 1. The molecule has 6 nitrogen and oxygen atoms in total. The lowest BCUT2D eigenvalue weighted by Crippen LogP contribution is -2.34. The molecule has 2 fully saturated rings. The van der Waals surface area contributed by atoms with Crippen molar-refractivity contribution >= 4 is 34.2 Å². The minimum atomic E-state index is -0.278. The Labute approximate surface area is 172 Å². The number of amides is 3. The van der Waals surface area contributed by atoms with Gasteiger partial charge in [0.2, 0.25) is 17.7 Å². The molecule has 4 rings (SSSR count).